The molecule has 3 heterocycles. The number of piperidine rings is 1. The lowest BCUT2D eigenvalue weighted by Gasteiger charge is -2.42. The zero-order chi connectivity index (χ0) is 49.2. The van der Waals surface area contributed by atoms with Crippen molar-refractivity contribution in [2.45, 2.75) is 83.6 Å². The minimum Gasteiger partial charge on any atom is -0.380 e. The monoisotopic (exact) mass is 1040 g/mol. The van der Waals surface area contributed by atoms with Gasteiger partial charge in [-0.2, -0.15) is 26.3 Å². The summed E-state index contributed by atoms with van der Waals surface area (Å²) in [4.78, 5) is 12.0. The molecule has 68 heavy (non-hydrogen) atoms. The van der Waals surface area contributed by atoms with E-state index in [1.807, 2.05) is 50.9 Å². The molecule has 7 rings (SSSR count). The molecule has 0 amide bonds. The number of hydrogen-bond acceptors (Lipinski definition) is 11. The van der Waals surface area contributed by atoms with Gasteiger partial charge in [-0.05, 0) is 112 Å². The summed E-state index contributed by atoms with van der Waals surface area (Å²) in [6, 6.07) is 24.2. The maximum atomic E-state index is 14.4. The first kappa shape index (κ1) is 51.7. The molecule has 4 aromatic carbocycles. The number of likely N-dealkylation sites (tertiary alicyclic amines) is 1. The third-order valence-electron chi connectivity index (χ3n) is 12.1. The third kappa shape index (κ3) is 12.1. The van der Waals surface area contributed by atoms with Crippen molar-refractivity contribution in [1.82, 2.24) is 24.7 Å². The second-order valence-corrected chi connectivity index (χ2v) is 22.5. The number of rotatable bonds is 16. The van der Waals surface area contributed by atoms with Crippen LogP contribution in [0.15, 0.2) is 106 Å². The fraction of sp³-hybridized carbons (Fsp3) is 0.391. The quantitative estimate of drug-likeness (QED) is 0.0724. The Bertz CT molecular complexity index is 2820. The SMILES string of the molecule is CC(c1ccccc1-c1ccc(Cl)cc1)N1CCC(N2CCc3c(nc(C(F)(F)F)nc3NS(=O)(=O)c3ccc(N[C@H](CCN(C)C)CSc4ccccc4Cl)c(S(=O)(=O)C(F)(F)F)c3)C2)CC1. The lowest BCUT2D eigenvalue weighted by atomic mass is 9.92. The Morgan fingerprint density at radius 2 is 1.54 bits per heavy atom. The number of halogens is 8. The van der Waals surface area contributed by atoms with Crippen LogP contribution in [0, 0.1) is 0 Å². The Morgan fingerprint density at radius 1 is 0.868 bits per heavy atom. The fourth-order valence-electron chi connectivity index (χ4n) is 8.47. The van der Waals surface area contributed by atoms with Crippen molar-refractivity contribution in [3.63, 3.8) is 0 Å². The summed E-state index contributed by atoms with van der Waals surface area (Å²) in [5.41, 5.74) is -3.08. The summed E-state index contributed by atoms with van der Waals surface area (Å²) >= 11 is 13.8. The van der Waals surface area contributed by atoms with Gasteiger partial charge in [0.2, 0.25) is 5.82 Å². The molecule has 2 atom stereocenters. The Balaban J connectivity index is 1.12. The molecule has 0 radical (unpaired) electrons. The summed E-state index contributed by atoms with van der Waals surface area (Å²) < 4.78 is 142. The zero-order valence-electron chi connectivity index (χ0n) is 37.1. The maximum absolute atomic E-state index is 14.4. The molecule has 2 aliphatic rings. The summed E-state index contributed by atoms with van der Waals surface area (Å²) in [5.74, 6) is -2.09. The average Bonchev–Trinajstić information content (AvgIpc) is 3.29. The van der Waals surface area contributed by atoms with Crippen molar-refractivity contribution < 1.29 is 43.2 Å². The highest BCUT2D eigenvalue weighted by Crippen LogP contribution is 2.40. The normalized spacial score (nSPS) is 16.6. The first-order chi connectivity index (χ1) is 32.0. The molecular weight excluding hydrogens is 996 g/mol. The van der Waals surface area contributed by atoms with E-state index in [9.17, 15) is 43.2 Å². The van der Waals surface area contributed by atoms with Crippen LogP contribution in [0.25, 0.3) is 11.1 Å². The van der Waals surface area contributed by atoms with Gasteiger partial charge in [-0.25, -0.2) is 26.8 Å². The number of benzene rings is 4. The van der Waals surface area contributed by atoms with E-state index in [-0.39, 0.29) is 42.1 Å². The highest BCUT2D eigenvalue weighted by Gasteiger charge is 2.49. The number of anilines is 2. The standard InChI is InChI=1S/C46H49Cl2F6N7O4S3/c1-29(35-8-4-5-9-36(35)30-12-14-31(47)15-13-30)60-23-19-33(20-24-60)61-25-21-37-40(27-61)56-44(45(49,50)51)57-43(37)58-68(64,65)34-16-17-39(42(26-34)67(62,63)46(52,53)54)55-32(18-22-59(2)3)28-66-41-11-7-6-10-38(41)48/h4-17,26,29,32-33,55H,18-25,27-28H2,1-3H3,(H,56,57,58)/t29?,32-/m1/s1. The number of fused-ring (bicyclic) bond motifs is 1. The minimum atomic E-state index is -6.19. The van der Waals surface area contributed by atoms with Crippen LogP contribution in [-0.4, -0.2) is 105 Å². The molecule has 0 spiro atoms. The summed E-state index contributed by atoms with van der Waals surface area (Å²) in [6.45, 7) is 4.26. The predicted molar refractivity (Wildman–Crippen MR) is 254 cm³/mol. The van der Waals surface area contributed by atoms with Gasteiger partial charge in [-0.3, -0.25) is 14.5 Å². The number of hydrogen-bond donors (Lipinski definition) is 2. The number of sulfonamides is 1. The lowest BCUT2D eigenvalue weighted by molar-refractivity contribution is -0.145. The van der Waals surface area contributed by atoms with Gasteiger partial charge in [0.25, 0.3) is 19.9 Å². The summed E-state index contributed by atoms with van der Waals surface area (Å²) in [7, 11) is -7.69. The van der Waals surface area contributed by atoms with E-state index in [0.29, 0.717) is 66.4 Å². The van der Waals surface area contributed by atoms with E-state index < -0.39 is 64.7 Å². The van der Waals surface area contributed by atoms with Crippen molar-refractivity contribution in [2.24, 2.45) is 0 Å². The van der Waals surface area contributed by atoms with Crippen LogP contribution in [0.5, 0.6) is 0 Å². The zero-order valence-corrected chi connectivity index (χ0v) is 41.0. The fourth-order valence-corrected chi connectivity index (χ4v) is 12.0. The van der Waals surface area contributed by atoms with Gasteiger partial charge in [0, 0.05) is 65.5 Å². The summed E-state index contributed by atoms with van der Waals surface area (Å²) in [6.07, 6.45) is -3.33. The molecule has 1 aromatic heterocycles. The highest BCUT2D eigenvalue weighted by atomic mass is 35.5. The van der Waals surface area contributed by atoms with Crippen LogP contribution in [0.3, 0.4) is 0 Å². The molecule has 0 aliphatic carbocycles. The molecule has 2 aliphatic heterocycles. The Hall–Kier alpha value is -4.15. The van der Waals surface area contributed by atoms with E-state index in [2.05, 4.69) is 39.2 Å². The lowest BCUT2D eigenvalue weighted by Crippen LogP contribution is -2.47. The molecule has 11 nitrogen and oxygen atoms in total. The van der Waals surface area contributed by atoms with Gasteiger partial charge in [-0.1, -0.05) is 71.7 Å². The molecule has 1 saturated heterocycles. The Morgan fingerprint density at radius 3 is 2.21 bits per heavy atom. The Kier molecular flexibility index (Phi) is 16.0. The van der Waals surface area contributed by atoms with Crippen molar-refractivity contribution in [1.29, 1.82) is 0 Å². The molecule has 0 bridgehead atoms. The van der Waals surface area contributed by atoms with E-state index in [0.717, 1.165) is 28.8 Å². The number of sulfone groups is 1. The van der Waals surface area contributed by atoms with Crippen LogP contribution < -0.4 is 10.0 Å². The number of nitrogens with zero attached hydrogens (tertiary/aromatic N) is 5. The minimum absolute atomic E-state index is 0.0270. The van der Waals surface area contributed by atoms with Gasteiger partial charge >= 0.3 is 11.7 Å². The number of alkyl halides is 6. The van der Waals surface area contributed by atoms with Crippen LogP contribution >= 0.6 is 35.0 Å². The smallest absolute Gasteiger partial charge is 0.380 e. The van der Waals surface area contributed by atoms with Gasteiger partial charge in [0.05, 0.1) is 21.3 Å². The molecule has 366 valence electrons. The number of thioether (sulfide) groups is 1. The van der Waals surface area contributed by atoms with Gasteiger partial charge < -0.3 is 10.2 Å². The molecule has 5 aromatic rings. The second kappa shape index (κ2) is 21.1. The maximum Gasteiger partial charge on any atom is 0.501 e. The average molecular weight is 1050 g/mol. The van der Waals surface area contributed by atoms with Crippen molar-refractivity contribution >= 4 is 66.3 Å². The molecule has 1 fully saturated rings. The van der Waals surface area contributed by atoms with E-state index in [1.54, 1.807) is 38.4 Å². The number of aromatic nitrogens is 2. The third-order valence-corrected chi connectivity index (χ3v) is 16.9. The second-order valence-electron chi connectivity index (χ2n) is 17.0. The van der Waals surface area contributed by atoms with E-state index in [1.165, 1.54) is 11.8 Å². The number of nitrogens with one attached hydrogen (secondary N) is 2. The van der Waals surface area contributed by atoms with Crippen LogP contribution in [0.1, 0.15) is 54.9 Å². The van der Waals surface area contributed by atoms with Crippen LogP contribution in [0.4, 0.5) is 37.8 Å². The van der Waals surface area contributed by atoms with Crippen molar-refractivity contribution in [3.05, 3.63) is 124 Å². The molecular formula is C46H49Cl2F6N7O4S3. The predicted octanol–water partition coefficient (Wildman–Crippen LogP) is 10.7. The first-order valence-electron chi connectivity index (χ1n) is 21.6. The van der Waals surface area contributed by atoms with Gasteiger partial charge in [-0.15, -0.1) is 11.8 Å². The van der Waals surface area contributed by atoms with Crippen molar-refractivity contribution in [2.75, 3.05) is 56.1 Å². The largest absolute Gasteiger partial charge is 0.501 e. The van der Waals surface area contributed by atoms with E-state index in [4.69, 9.17) is 23.2 Å². The molecule has 1 unspecified atom stereocenters. The van der Waals surface area contributed by atoms with Gasteiger partial charge in [0.15, 0.2) is 0 Å². The molecule has 22 heteroatoms. The van der Waals surface area contributed by atoms with Crippen LogP contribution in [-0.2, 0) is 39.0 Å². The first-order valence-corrected chi connectivity index (χ1v) is 26.3. The van der Waals surface area contributed by atoms with E-state index >= 15 is 0 Å². The molecule has 2 N–H and O–H groups in total. The van der Waals surface area contributed by atoms with Crippen LogP contribution in [0.2, 0.25) is 10.0 Å². The van der Waals surface area contributed by atoms with Crippen molar-refractivity contribution in [3.8, 4) is 11.1 Å². The highest BCUT2D eigenvalue weighted by molar-refractivity contribution is 7.99. The van der Waals surface area contributed by atoms with Gasteiger partial charge in [0.1, 0.15) is 10.7 Å². The topological polar surface area (TPSA) is 128 Å². The molecule has 0 saturated carbocycles. The Labute approximate surface area is 406 Å². The summed E-state index contributed by atoms with van der Waals surface area (Å²) in [5, 5.41) is 3.95.